The third-order valence-corrected chi connectivity index (χ3v) is 4.84. The molecule has 2 aromatic rings. The van der Waals surface area contributed by atoms with Crippen molar-refractivity contribution in [2.24, 2.45) is 0 Å². The number of aryl methyl sites for hydroxylation is 1. The molecule has 4 heteroatoms. The van der Waals surface area contributed by atoms with Gasteiger partial charge in [0.1, 0.15) is 0 Å². The molecule has 26 heavy (non-hydrogen) atoms. The molecule has 0 saturated carbocycles. The second kappa shape index (κ2) is 9.51. The first-order valence-corrected chi connectivity index (χ1v) is 9.40. The Morgan fingerprint density at radius 2 is 1.92 bits per heavy atom. The average molecular weight is 352 g/mol. The molecule has 0 aliphatic carbocycles. The minimum atomic E-state index is 0.0576. The van der Waals surface area contributed by atoms with Gasteiger partial charge in [-0.05, 0) is 36.5 Å². The smallest absolute Gasteiger partial charge is 0.234 e. The molecular formula is C22H28N2O2. The molecular weight excluding hydrogens is 324 g/mol. The van der Waals surface area contributed by atoms with Gasteiger partial charge < -0.3 is 10.1 Å². The summed E-state index contributed by atoms with van der Waals surface area (Å²) in [6.45, 7) is 5.43. The van der Waals surface area contributed by atoms with Crippen molar-refractivity contribution in [1.82, 2.24) is 10.2 Å². The van der Waals surface area contributed by atoms with Gasteiger partial charge in [-0.25, -0.2) is 0 Å². The number of carbonyl (C=O) groups is 1. The van der Waals surface area contributed by atoms with Crippen molar-refractivity contribution in [2.45, 2.75) is 39.0 Å². The first-order valence-electron chi connectivity index (χ1n) is 9.40. The van der Waals surface area contributed by atoms with Crippen LogP contribution in [0.15, 0.2) is 54.6 Å². The number of amides is 1. The molecule has 3 rings (SSSR count). The van der Waals surface area contributed by atoms with Gasteiger partial charge in [0.25, 0.3) is 0 Å². The fraction of sp³-hybridized carbons (Fsp3) is 0.409. The van der Waals surface area contributed by atoms with E-state index in [1.165, 1.54) is 11.1 Å². The summed E-state index contributed by atoms with van der Waals surface area (Å²) >= 11 is 0. The van der Waals surface area contributed by atoms with Crippen LogP contribution in [0.5, 0.6) is 0 Å². The van der Waals surface area contributed by atoms with Gasteiger partial charge in [-0.2, -0.15) is 0 Å². The fourth-order valence-electron chi connectivity index (χ4n) is 3.36. The zero-order chi connectivity index (χ0) is 18.2. The van der Waals surface area contributed by atoms with Crippen molar-refractivity contribution in [3.8, 4) is 0 Å². The summed E-state index contributed by atoms with van der Waals surface area (Å²) in [4.78, 5) is 14.7. The highest BCUT2D eigenvalue weighted by Gasteiger charge is 2.21. The molecule has 1 heterocycles. The van der Waals surface area contributed by atoms with E-state index >= 15 is 0 Å². The highest BCUT2D eigenvalue weighted by atomic mass is 16.5. The second-order valence-corrected chi connectivity index (χ2v) is 6.99. The lowest BCUT2D eigenvalue weighted by Gasteiger charge is -2.25. The minimum absolute atomic E-state index is 0.0576. The van der Waals surface area contributed by atoms with Gasteiger partial charge in [-0.3, -0.25) is 9.69 Å². The Morgan fingerprint density at radius 1 is 1.15 bits per heavy atom. The normalized spacial score (nSPS) is 16.8. The Morgan fingerprint density at radius 3 is 2.65 bits per heavy atom. The average Bonchev–Trinajstić information content (AvgIpc) is 3.15. The Balaban J connectivity index is 1.56. The Bertz CT molecular complexity index is 696. The number of hydrogen-bond donors (Lipinski definition) is 1. The third kappa shape index (κ3) is 5.68. The molecule has 2 aromatic carbocycles. The maximum atomic E-state index is 12.5. The quantitative estimate of drug-likeness (QED) is 0.793. The maximum absolute atomic E-state index is 12.5. The van der Waals surface area contributed by atoms with E-state index < -0.39 is 0 Å². The number of nitrogens with one attached hydrogen (secondary N) is 1. The molecule has 1 atom stereocenters. The standard InChI is InChI=1S/C22H28N2O2/c1-18-8-5-6-11-20(18)14-23-22(25)17-24(16-21-12-7-13-26-21)15-19-9-3-2-4-10-19/h2-6,8-11,21H,7,12-17H2,1H3,(H,23,25). The zero-order valence-electron chi connectivity index (χ0n) is 15.5. The van der Waals surface area contributed by atoms with E-state index in [1.54, 1.807) is 0 Å². The van der Waals surface area contributed by atoms with Crippen LogP contribution in [0.1, 0.15) is 29.5 Å². The van der Waals surface area contributed by atoms with E-state index in [0.29, 0.717) is 13.1 Å². The predicted molar refractivity (Wildman–Crippen MR) is 104 cm³/mol. The van der Waals surface area contributed by atoms with Crippen LogP contribution in [0.2, 0.25) is 0 Å². The zero-order valence-corrected chi connectivity index (χ0v) is 15.5. The van der Waals surface area contributed by atoms with Crippen LogP contribution in [0.4, 0.5) is 0 Å². The molecule has 1 aliphatic heterocycles. The molecule has 0 spiro atoms. The van der Waals surface area contributed by atoms with Crippen LogP contribution in [0.25, 0.3) is 0 Å². The van der Waals surface area contributed by atoms with Crippen molar-refractivity contribution in [3.63, 3.8) is 0 Å². The van der Waals surface area contributed by atoms with Crippen LogP contribution in [-0.2, 0) is 22.6 Å². The van der Waals surface area contributed by atoms with Gasteiger partial charge >= 0.3 is 0 Å². The number of rotatable bonds is 8. The highest BCUT2D eigenvalue weighted by Crippen LogP contribution is 2.15. The van der Waals surface area contributed by atoms with Crippen molar-refractivity contribution in [2.75, 3.05) is 19.7 Å². The highest BCUT2D eigenvalue weighted by molar-refractivity contribution is 5.78. The summed E-state index contributed by atoms with van der Waals surface area (Å²) in [7, 11) is 0. The molecule has 1 N–H and O–H groups in total. The van der Waals surface area contributed by atoms with E-state index in [4.69, 9.17) is 4.74 Å². The monoisotopic (exact) mass is 352 g/mol. The van der Waals surface area contributed by atoms with E-state index in [2.05, 4.69) is 41.4 Å². The molecule has 0 bridgehead atoms. The summed E-state index contributed by atoms with van der Waals surface area (Å²) in [5, 5.41) is 3.06. The second-order valence-electron chi connectivity index (χ2n) is 6.99. The number of carbonyl (C=O) groups excluding carboxylic acids is 1. The van der Waals surface area contributed by atoms with Crippen molar-refractivity contribution in [3.05, 3.63) is 71.3 Å². The van der Waals surface area contributed by atoms with E-state index in [9.17, 15) is 4.79 Å². The van der Waals surface area contributed by atoms with Crippen molar-refractivity contribution < 1.29 is 9.53 Å². The van der Waals surface area contributed by atoms with Gasteiger partial charge in [0.15, 0.2) is 0 Å². The largest absolute Gasteiger partial charge is 0.377 e. The Kier molecular flexibility index (Phi) is 6.81. The summed E-state index contributed by atoms with van der Waals surface area (Å²) in [6, 6.07) is 18.5. The summed E-state index contributed by atoms with van der Waals surface area (Å²) < 4.78 is 5.77. The first kappa shape index (κ1) is 18.6. The molecule has 1 saturated heterocycles. The Hall–Kier alpha value is -2.17. The third-order valence-electron chi connectivity index (χ3n) is 4.84. The summed E-state index contributed by atoms with van der Waals surface area (Å²) in [5.41, 5.74) is 3.58. The van der Waals surface area contributed by atoms with Crippen LogP contribution in [0.3, 0.4) is 0 Å². The lowest BCUT2D eigenvalue weighted by atomic mass is 10.1. The van der Waals surface area contributed by atoms with Gasteiger partial charge in [-0.1, -0.05) is 54.6 Å². The summed E-state index contributed by atoms with van der Waals surface area (Å²) in [6.07, 6.45) is 2.43. The van der Waals surface area contributed by atoms with Crippen LogP contribution in [0, 0.1) is 6.92 Å². The lowest BCUT2D eigenvalue weighted by molar-refractivity contribution is -0.122. The van der Waals surface area contributed by atoms with Gasteiger partial charge in [0, 0.05) is 26.2 Å². The Labute approximate surface area is 156 Å². The molecule has 1 unspecified atom stereocenters. The van der Waals surface area contributed by atoms with Crippen LogP contribution in [-0.4, -0.2) is 36.6 Å². The summed E-state index contributed by atoms with van der Waals surface area (Å²) in [5.74, 6) is 0.0576. The first-order chi connectivity index (χ1) is 12.7. The van der Waals surface area contributed by atoms with Crippen LogP contribution >= 0.6 is 0 Å². The topological polar surface area (TPSA) is 41.6 Å². The molecule has 138 valence electrons. The molecule has 1 amide bonds. The molecule has 1 fully saturated rings. The van der Waals surface area contributed by atoms with E-state index in [-0.39, 0.29) is 12.0 Å². The number of hydrogen-bond acceptors (Lipinski definition) is 3. The molecule has 1 aliphatic rings. The number of nitrogens with zero attached hydrogens (tertiary/aromatic N) is 1. The molecule has 0 aromatic heterocycles. The SMILES string of the molecule is Cc1ccccc1CNC(=O)CN(Cc1ccccc1)CC1CCCO1. The van der Waals surface area contributed by atoms with Gasteiger partial charge in [0.05, 0.1) is 12.6 Å². The van der Waals surface area contributed by atoms with E-state index in [0.717, 1.165) is 38.1 Å². The molecule has 0 radical (unpaired) electrons. The van der Waals surface area contributed by atoms with Crippen molar-refractivity contribution in [1.29, 1.82) is 0 Å². The number of ether oxygens (including phenoxy) is 1. The minimum Gasteiger partial charge on any atom is -0.377 e. The fourth-order valence-corrected chi connectivity index (χ4v) is 3.36. The predicted octanol–water partition coefficient (Wildman–Crippen LogP) is 3.29. The van der Waals surface area contributed by atoms with Gasteiger partial charge in [0.2, 0.25) is 5.91 Å². The number of benzene rings is 2. The van der Waals surface area contributed by atoms with Crippen molar-refractivity contribution >= 4 is 5.91 Å². The van der Waals surface area contributed by atoms with Gasteiger partial charge in [-0.15, -0.1) is 0 Å². The maximum Gasteiger partial charge on any atom is 0.234 e. The molecule has 4 nitrogen and oxygen atoms in total. The van der Waals surface area contributed by atoms with Crippen LogP contribution < -0.4 is 5.32 Å². The lowest BCUT2D eigenvalue weighted by Crippen LogP contribution is -2.40. The van der Waals surface area contributed by atoms with E-state index in [1.807, 2.05) is 30.3 Å².